The third kappa shape index (κ3) is 5.55. The molecule has 3 aromatic rings. The van der Waals surface area contributed by atoms with Crippen LogP contribution in [-0.4, -0.2) is 44.8 Å². The van der Waals surface area contributed by atoms with Crippen molar-refractivity contribution in [3.8, 4) is 0 Å². The van der Waals surface area contributed by atoms with E-state index in [-0.39, 0.29) is 10.3 Å². The van der Waals surface area contributed by atoms with Gasteiger partial charge in [-0.15, -0.1) is 0 Å². The summed E-state index contributed by atoms with van der Waals surface area (Å²) in [5.41, 5.74) is 3.40. The minimum Gasteiger partial charge on any atom is -0.381 e. The molecule has 1 aliphatic heterocycles. The first kappa shape index (κ1) is 25.7. The van der Waals surface area contributed by atoms with Crippen LogP contribution >= 0.6 is 0 Å². The van der Waals surface area contributed by atoms with Gasteiger partial charge in [0, 0.05) is 38.8 Å². The van der Waals surface area contributed by atoms with Gasteiger partial charge in [-0.3, -0.25) is 4.31 Å². The molecule has 0 radical (unpaired) electrons. The molecule has 1 aromatic heterocycles. The smallest absolute Gasteiger partial charge is 0.264 e. The molecule has 8 heteroatoms. The minimum atomic E-state index is -3.69. The number of anilines is 1. The van der Waals surface area contributed by atoms with Gasteiger partial charge in [0.1, 0.15) is 5.82 Å². The summed E-state index contributed by atoms with van der Waals surface area (Å²) in [7, 11) is -2.08. The van der Waals surface area contributed by atoms with E-state index >= 15 is 0 Å². The molecule has 7 nitrogen and oxygen atoms in total. The van der Waals surface area contributed by atoms with Gasteiger partial charge in [-0.05, 0) is 61.2 Å². The molecular formula is C27H38N4O3S. The number of imidazole rings is 1. The standard InChI is InChI=1S/C27H38N4O3S/c1-6-28-18-20-7-10-23(11-8-20)35(32,33)30(5)22-9-12-25-24(17-22)29-26(27(2,3)4)31(25)19-21-13-15-34-16-14-21/h7-12,17,21,28H,6,13-16,18-19H2,1-5H3. The Hall–Kier alpha value is -2.42. The van der Waals surface area contributed by atoms with E-state index in [4.69, 9.17) is 9.72 Å². The van der Waals surface area contributed by atoms with E-state index in [0.29, 0.717) is 11.6 Å². The topological polar surface area (TPSA) is 76.5 Å². The number of hydrogen-bond acceptors (Lipinski definition) is 5. The highest BCUT2D eigenvalue weighted by Crippen LogP contribution is 2.32. The van der Waals surface area contributed by atoms with Crippen LogP contribution in [0.15, 0.2) is 47.4 Å². The molecular weight excluding hydrogens is 460 g/mol. The van der Waals surface area contributed by atoms with Crippen molar-refractivity contribution < 1.29 is 13.2 Å². The molecule has 0 bridgehead atoms. The molecule has 0 atom stereocenters. The van der Waals surface area contributed by atoms with E-state index < -0.39 is 10.0 Å². The molecule has 0 unspecified atom stereocenters. The minimum absolute atomic E-state index is 0.128. The van der Waals surface area contributed by atoms with Crippen molar-refractivity contribution in [3.05, 3.63) is 53.9 Å². The van der Waals surface area contributed by atoms with E-state index in [1.54, 1.807) is 19.2 Å². The van der Waals surface area contributed by atoms with E-state index in [0.717, 1.165) is 68.1 Å². The van der Waals surface area contributed by atoms with Gasteiger partial charge in [0.2, 0.25) is 0 Å². The second kappa shape index (κ2) is 10.3. The number of fused-ring (bicyclic) bond motifs is 1. The van der Waals surface area contributed by atoms with Crippen LogP contribution in [0.25, 0.3) is 11.0 Å². The summed E-state index contributed by atoms with van der Waals surface area (Å²) in [6, 6.07) is 12.9. The van der Waals surface area contributed by atoms with Crippen LogP contribution in [0, 0.1) is 5.92 Å². The summed E-state index contributed by atoms with van der Waals surface area (Å²) in [5.74, 6) is 1.58. The van der Waals surface area contributed by atoms with Gasteiger partial charge in [0.15, 0.2) is 0 Å². The predicted octanol–water partition coefficient (Wildman–Crippen LogP) is 4.70. The second-order valence-electron chi connectivity index (χ2n) is 10.4. The van der Waals surface area contributed by atoms with Crippen molar-refractivity contribution in [2.45, 2.75) is 63.9 Å². The first-order valence-corrected chi connectivity index (χ1v) is 13.9. The Bertz CT molecular complexity index is 1250. The van der Waals surface area contributed by atoms with Crippen LogP contribution in [0.2, 0.25) is 0 Å². The molecule has 1 saturated heterocycles. The fraction of sp³-hybridized carbons (Fsp3) is 0.519. The Balaban J connectivity index is 1.65. The lowest BCUT2D eigenvalue weighted by molar-refractivity contribution is 0.0611. The maximum absolute atomic E-state index is 13.4. The Labute approximate surface area is 209 Å². The van der Waals surface area contributed by atoms with Gasteiger partial charge < -0.3 is 14.6 Å². The van der Waals surface area contributed by atoms with Crippen molar-refractivity contribution in [2.24, 2.45) is 5.92 Å². The summed E-state index contributed by atoms with van der Waals surface area (Å²) in [5, 5.41) is 3.26. The molecule has 1 N–H and O–H groups in total. The first-order chi connectivity index (χ1) is 16.6. The lowest BCUT2D eigenvalue weighted by Crippen LogP contribution is -2.26. The average molecular weight is 499 g/mol. The van der Waals surface area contributed by atoms with E-state index in [1.165, 1.54) is 4.31 Å². The Morgan fingerprint density at radius 1 is 1.11 bits per heavy atom. The van der Waals surface area contributed by atoms with Crippen molar-refractivity contribution in [1.29, 1.82) is 0 Å². The summed E-state index contributed by atoms with van der Waals surface area (Å²) >= 11 is 0. The van der Waals surface area contributed by atoms with Crippen LogP contribution < -0.4 is 9.62 Å². The quantitative estimate of drug-likeness (QED) is 0.487. The number of sulfonamides is 1. The molecule has 35 heavy (non-hydrogen) atoms. The maximum atomic E-state index is 13.4. The number of aromatic nitrogens is 2. The second-order valence-corrected chi connectivity index (χ2v) is 12.4. The molecule has 0 aliphatic carbocycles. The normalized spacial score (nSPS) is 15.6. The molecule has 1 fully saturated rings. The van der Waals surface area contributed by atoms with Crippen LogP contribution in [0.1, 0.15) is 51.9 Å². The van der Waals surface area contributed by atoms with Gasteiger partial charge in [-0.2, -0.15) is 0 Å². The monoisotopic (exact) mass is 498 g/mol. The summed E-state index contributed by atoms with van der Waals surface area (Å²) in [6.45, 7) is 12.7. The van der Waals surface area contributed by atoms with Crippen molar-refractivity contribution in [3.63, 3.8) is 0 Å². The zero-order valence-corrected chi connectivity index (χ0v) is 22.4. The van der Waals surface area contributed by atoms with E-state index in [2.05, 4.69) is 30.7 Å². The fourth-order valence-electron chi connectivity index (χ4n) is 4.60. The van der Waals surface area contributed by atoms with Crippen LogP contribution in [0.5, 0.6) is 0 Å². The Morgan fingerprint density at radius 3 is 2.43 bits per heavy atom. The molecule has 4 rings (SSSR count). The number of rotatable bonds is 8. The highest BCUT2D eigenvalue weighted by Gasteiger charge is 2.27. The molecule has 0 amide bonds. The number of nitrogens with one attached hydrogen (secondary N) is 1. The predicted molar refractivity (Wildman–Crippen MR) is 141 cm³/mol. The van der Waals surface area contributed by atoms with Gasteiger partial charge in [0.25, 0.3) is 10.0 Å². The number of hydrogen-bond donors (Lipinski definition) is 1. The largest absolute Gasteiger partial charge is 0.381 e. The third-order valence-electron chi connectivity index (χ3n) is 6.71. The molecule has 190 valence electrons. The lowest BCUT2D eigenvalue weighted by atomic mass is 9.94. The van der Waals surface area contributed by atoms with E-state index in [1.807, 2.05) is 37.3 Å². The highest BCUT2D eigenvalue weighted by molar-refractivity contribution is 7.92. The zero-order chi connectivity index (χ0) is 25.2. The molecule has 2 heterocycles. The van der Waals surface area contributed by atoms with Gasteiger partial charge in [0.05, 0.1) is 21.6 Å². The highest BCUT2D eigenvalue weighted by atomic mass is 32.2. The maximum Gasteiger partial charge on any atom is 0.264 e. The van der Waals surface area contributed by atoms with Crippen LogP contribution in [0.4, 0.5) is 5.69 Å². The average Bonchev–Trinajstić information content (AvgIpc) is 3.21. The molecule has 0 saturated carbocycles. The third-order valence-corrected chi connectivity index (χ3v) is 8.51. The molecule has 1 aliphatic rings. The number of nitrogens with zero attached hydrogens (tertiary/aromatic N) is 3. The summed E-state index contributed by atoms with van der Waals surface area (Å²) in [6.07, 6.45) is 2.10. The Morgan fingerprint density at radius 2 is 1.80 bits per heavy atom. The van der Waals surface area contributed by atoms with Gasteiger partial charge >= 0.3 is 0 Å². The van der Waals surface area contributed by atoms with Crippen molar-refractivity contribution in [2.75, 3.05) is 31.1 Å². The van der Waals surface area contributed by atoms with Gasteiger partial charge in [-0.1, -0.05) is 39.8 Å². The number of benzene rings is 2. The first-order valence-electron chi connectivity index (χ1n) is 12.5. The summed E-state index contributed by atoms with van der Waals surface area (Å²) < 4.78 is 35.9. The Kier molecular flexibility index (Phi) is 7.54. The number of ether oxygens (including phenoxy) is 1. The fourth-order valence-corrected chi connectivity index (χ4v) is 5.79. The SMILES string of the molecule is CCNCc1ccc(S(=O)(=O)N(C)c2ccc3c(c2)nc(C(C)(C)C)n3CC2CCOCC2)cc1. The van der Waals surface area contributed by atoms with Crippen molar-refractivity contribution in [1.82, 2.24) is 14.9 Å². The lowest BCUT2D eigenvalue weighted by Gasteiger charge is -2.26. The molecule has 2 aromatic carbocycles. The van der Waals surface area contributed by atoms with Crippen LogP contribution in [-0.2, 0) is 33.3 Å². The van der Waals surface area contributed by atoms with Gasteiger partial charge in [-0.25, -0.2) is 13.4 Å². The van der Waals surface area contributed by atoms with Crippen molar-refractivity contribution >= 4 is 26.7 Å². The molecule has 0 spiro atoms. The van der Waals surface area contributed by atoms with E-state index in [9.17, 15) is 8.42 Å². The summed E-state index contributed by atoms with van der Waals surface area (Å²) in [4.78, 5) is 5.27. The van der Waals surface area contributed by atoms with Crippen LogP contribution in [0.3, 0.4) is 0 Å². The zero-order valence-electron chi connectivity index (χ0n) is 21.5.